The van der Waals surface area contributed by atoms with E-state index in [4.69, 9.17) is 28.3 Å². The van der Waals surface area contributed by atoms with Gasteiger partial charge in [-0.05, 0) is 6.07 Å². The number of halogens is 5. The molecule has 1 aromatic carbocycles. The van der Waals surface area contributed by atoms with Gasteiger partial charge in [-0.1, -0.05) is 23.2 Å². The number of rotatable bonds is 5. The molecule has 0 aliphatic heterocycles. The van der Waals surface area contributed by atoms with E-state index in [-0.39, 0.29) is 15.7 Å². The number of nitro groups is 1. The van der Waals surface area contributed by atoms with Crippen molar-refractivity contribution < 1.29 is 23.2 Å². The molecule has 0 heterocycles. The molecule has 0 fully saturated rings. The van der Waals surface area contributed by atoms with Gasteiger partial charge in [-0.3, -0.25) is 10.1 Å². The molecule has 0 radical (unpaired) electrons. The fourth-order valence-electron chi connectivity index (χ4n) is 1.55. The molecular weight excluding hydrogens is 324 g/mol. The SMILES string of the molecule is O=[N+]([O-])c1cc(Cl)c(Cl)cc1N(CCO)CC(F)(F)F. The highest BCUT2D eigenvalue weighted by Gasteiger charge is 2.33. The van der Waals surface area contributed by atoms with E-state index in [9.17, 15) is 23.3 Å². The lowest BCUT2D eigenvalue weighted by Gasteiger charge is -2.25. The van der Waals surface area contributed by atoms with Crippen LogP contribution in [0, 0.1) is 10.1 Å². The second-order valence-electron chi connectivity index (χ2n) is 3.77. The number of anilines is 1. The summed E-state index contributed by atoms with van der Waals surface area (Å²) in [6.07, 6.45) is -4.59. The molecule has 1 rings (SSSR count). The average molecular weight is 333 g/mol. The smallest absolute Gasteiger partial charge is 0.395 e. The van der Waals surface area contributed by atoms with Crippen molar-refractivity contribution in [3.05, 3.63) is 32.3 Å². The second kappa shape index (κ2) is 6.47. The van der Waals surface area contributed by atoms with Gasteiger partial charge in [-0.25, -0.2) is 0 Å². The van der Waals surface area contributed by atoms with Crippen molar-refractivity contribution in [2.45, 2.75) is 6.18 Å². The molecule has 0 spiro atoms. The molecular formula is C10H9Cl2F3N2O3. The number of hydrogen-bond donors (Lipinski definition) is 1. The predicted octanol–water partition coefficient (Wildman–Crippen LogP) is 3.26. The number of nitro benzene ring substituents is 1. The number of hydrogen-bond acceptors (Lipinski definition) is 4. The molecule has 5 nitrogen and oxygen atoms in total. The van der Waals surface area contributed by atoms with Gasteiger partial charge in [0.25, 0.3) is 5.69 Å². The fourth-order valence-corrected chi connectivity index (χ4v) is 1.86. The number of aliphatic hydroxyl groups is 1. The van der Waals surface area contributed by atoms with E-state index in [1.165, 1.54) is 0 Å². The van der Waals surface area contributed by atoms with E-state index >= 15 is 0 Å². The quantitative estimate of drug-likeness (QED) is 0.663. The van der Waals surface area contributed by atoms with Crippen LogP contribution >= 0.6 is 23.2 Å². The second-order valence-corrected chi connectivity index (χ2v) is 4.59. The van der Waals surface area contributed by atoms with Crippen LogP contribution in [0.3, 0.4) is 0 Å². The van der Waals surface area contributed by atoms with E-state index < -0.39 is 36.5 Å². The molecule has 0 aromatic heterocycles. The van der Waals surface area contributed by atoms with Crippen LogP contribution in [0.2, 0.25) is 10.0 Å². The van der Waals surface area contributed by atoms with E-state index in [1.54, 1.807) is 0 Å². The van der Waals surface area contributed by atoms with Gasteiger partial charge in [0.2, 0.25) is 0 Å². The van der Waals surface area contributed by atoms with Crippen molar-refractivity contribution in [1.82, 2.24) is 0 Å². The minimum atomic E-state index is -4.59. The topological polar surface area (TPSA) is 66.6 Å². The molecule has 0 unspecified atom stereocenters. The molecule has 0 aliphatic rings. The Morgan fingerprint density at radius 2 is 1.85 bits per heavy atom. The maximum Gasteiger partial charge on any atom is 0.405 e. The van der Waals surface area contributed by atoms with Gasteiger partial charge in [0.15, 0.2) is 0 Å². The fraction of sp³-hybridized carbons (Fsp3) is 0.400. The standard InChI is InChI=1S/C10H9Cl2F3N2O3/c11-6-3-8(9(17(19)20)4-7(6)12)16(1-2-18)5-10(13,14)15/h3-4,18H,1-2,5H2. The highest BCUT2D eigenvalue weighted by molar-refractivity contribution is 6.42. The van der Waals surface area contributed by atoms with Crippen LogP contribution in [0.4, 0.5) is 24.5 Å². The van der Waals surface area contributed by atoms with Crippen LogP contribution in [0.5, 0.6) is 0 Å². The molecule has 0 aliphatic carbocycles. The number of aliphatic hydroxyl groups excluding tert-OH is 1. The molecule has 0 atom stereocenters. The summed E-state index contributed by atoms with van der Waals surface area (Å²) >= 11 is 11.3. The third-order valence-electron chi connectivity index (χ3n) is 2.29. The minimum Gasteiger partial charge on any atom is -0.395 e. The van der Waals surface area contributed by atoms with Crippen LogP contribution in [0.1, 0.15) is 0 Å². The van der Waals surface area contributed by atoms with Gasteiger partial charge in [-0.2, -0.15) is 13.2 Å². The lowest BCUT2D eigenvalue weighted by molar-refractivity contribution is -0.384. The van der Waals surface area contributed by atoms with E-state index in [1.807, 2.05) is 0 Å². The molecule has 0 bridgehead atoms. The van der Waals surface area contributed by atoms with Gasteiger partial charge in [0.1, 0.15) is 12.2 Å². The molecule has 1 aromatic rings. The van der Waals surface area contributed by atoms with Crippen molar-refractivity contribution in [2.24, 2.45) is 0 Å². The van der Waals surface area contributed by atoms with Crippen molar-refractivity contribution >= 4 is 34.6 Å². The summed E-state index contributed by atoms with van der Waals surface area (Å²) in [6, 6.07) is 1.85. The number of nitrogens with zero attached hydrogens (tertiary/aromatic N) is 2. The molecule has 1 N–H and O–H groups in total. The van der Waals surface area contributed by atoms with Crippen molar-refractivity contribution in [2.75, 3.05) is 24.6 Å². The molecule has 10 heteroatoms. The van der Waals surface area contributed by atoms with Crippen LogP contribution in [0.25, 0.3) is 0 Å². The summed E-state index contributed by atoms with van der Waals surface area (Å²) in [5, 5.41) is 19.4. The Hall–Kier alpha value is -1.25. The molecule has 0 amide bonds. The Morgan fingerprint density at radius 3 is 2.30 bits per heavy atom. The zero-order valence-electron chi connectivity index (χ0n) is 9.82. The highest BCUT2D eigenvalue weighted by atomic mass is 35.5. The van der Waals surface area contributed by atoms with E-state index in [2.05, 4.69) is 0 Å². The van der Waals surface area contributed by atoms with Gasteiger partial charge in [0, 0.05) is 12.6 Å². The Balaban J connectivity index is 3.31. The van der Waals surface area contributed by atoms with E-state index in [0.717, 1.165) is 12.1 Å². The summed E-state index contributed by atoms with van der Waals surface area (Å²) in [7, 11) is 0. The monoisotopic (exact) mass is 332 g/mol. The average Bonchev–Trinajstić information content (AvgIpc) is 2.29. The Bertz CT molecular complexity index is 511. The van der Waals surface area contributed by atoms with Crippen molar-refractivity contribution in [3.8, 4) is 0 Å². The number of benzene rings is 1. The lowest BCUT2D eigenvalue weighted by atomic mass is 10.2. The summed E-state index contributed by atoms with van der Waals surface area (Å²) < 4.78 is 37.4. The number of alkyl halides is 3. The molecule has 0 saturated carbocycles. The van der Waals surface area contributed by atoms with Crippen molar-refractivity contribution in [1.29, 1.82) is 0 Å². The first kappa shape index (κ1) is 16.8. The third kappa shape index (κ3) is 4.39. The largest absolute Gasteiger partial charge is 0.405 e. The first-order chi connectivity index (χ1) is 9.15. The predicted molar refractivity (Wildman–Crippen MR) is 68.5 cm³/mol. The Morgan fingerprint density at radius 1 is 1.30 bits per heavy atom. The van der Waals surface area contributed by atoms with Crippen molar-refractivity contribution in [3.63, 3.8) is 0 Å². The van der Waals surface area contributed by atoms with Gasteiger partial charge >= 0.3 is 6.18 Å². The summed E-state index contributed by atoms with van der Waals surface area (Å²) in [4.78, 5) is 10.7. The van der Waals surface area contributed by atoms with Crippen LogP contribution < -0.4 is 4.90 Å². The minimum absolute atomic E-state index is 0.114. The summed E-state index contributed by atoms with van der Waals surface area (Å²) in [5.41, 5.74) is -0.965. The zero-order chi connectivity index (χ0) is 15.5. The van der Waals surface area contributed by atoms with E-state index in [0.29, 0.717) is 4.90 Å². The summed E-state index contributed by atoms with van der Waals surface area (Å²) in [6.45, 7) is -2.49. The highest BCUT2D eigenvalue weighted by Crippen LogP contribution is 2.37. The maximum absolute atomic E-state index is 12.5. The van der Waals surface area contributed by atoms with Gasteiger partial charge in [0.05, 0.1) is 21.6 Å². The van der Waals surface area contributed by atoms with Gasteiger partial charge in [-0.15, -0.1) is 0 Å². The van der Waals surface area contributed by atoms with Crippen LogP contribution in [-0.4, -0.2) is 35.9 Å². The molecule has 112 valence electrons. The maximum atomic E-state index is 12.5. The summed E-state index contributed by atoms with van der Waals surface area (Å²) in [5.74, 6) is 0. The Kier molecular flexibility index (Phi) is 5.43. The molecule has 0 saturated heterocycles. The Labute approximate surface area is 121 Å². The normalized spacial score (nSPS) is 11.5. The molecule has 20 heavy (non-hydrogen) atoms. The van der Waals surface area contributed by atoms with Gasteiger partial charge < -0.3 is 10.0 Å². The van der Waals surface area contributed by atoms with Crippen LogP contribution in [-0.2, 0) is 0 Å². The third-order valence-corrected chi connectivity index (χ3v) is 3.02. The lowest BCUT2D eigenvalue weighted by Crippen LogP contribution is -2.36. The zero-order valence-corrected chi connectivity index (χ0v) is 11.3. The first-order valence-corrected chi connectivity index (χ1v) is 5.97. The van der Waals surface area contributed by atoms with Crippen LogP contribution in [0.15, 0.2) is 12.1 Å². The first-order valence-electron chi connectivity index (χ1n) is 5.21.